The molecule has 1 aromatic carbocycles. The molecule has 1 aromatic heterocycles. The molecule has 0 radical (unpaired) electrons. The molecule has 1 aliphatic heterocycles. The van der Waals surface area contributed by atoms with Crippen molar-refractivity contribution in [3.8, 4) is 0 Å². The summed E-state index contributed by atoms with van der Waals surface area (Å²) >= 11 is 0. The average Bonchev–Trinajstić information content (AvgIpc) is 3.14. The zero-order valence-corrected chi connectivity index (χ0v) is 17.5. The molecule has 3 rings (SSSR count). The van der Waals surface area contributed by atoms with Crippen LogP contribution >= 0.6 is 24.0 Å². The first-order valence-corrected chi connectivity index (χ1v) is 8.67. The molecule has 1 N–H and O–H groups in total. The molecule has 1 aliphatic rings. The van der Waals surface area contributed by atoms with Gasteiger partial charge in [-0.2, -0.15) is 0 Å². The number of rotatable bonds is 5. The lowest BCUT2D eigenvalue weighted by Crippen LogP contribution is -2.52. The quantitative estimate of drug-likeness (QED) is 0.396. The molecule has 0 unspecified atom stereocenters. The van der Waals surface area contributed by atoms with Gasteiger partial charge in [-0.05, 0) is 18.1 Å². The van der Waals surface area contributed by atoms with Gasteiger partial charge in [0.25, 0.3) is 0 Å². The molecule has 0 atom stereocenters. The van der Waals surface area contributed by atoms with Crippen LogP contribution in [0.3, 0.4) is 0 Å². The number of guanidine groups is 1. The first-order chi connectivity index (χ1) is 12.7. The van der Waals surface area contributed by atoms with Gasteiger partial charge in [-0.1, -0.05) is 11.2 Å². The summed E-state index contributed by atoms with van der Waals surface area (Å²) in [6.45, 7) is 4.82. The fourth-order valence-electron chi connectivity index (χ4n) is 3.03. The number of halogens is 3. The lowest BCUT2D eigenvalue weighted by Gasteiger charge is -2.36. The molecule has 2 aromatic rings. The number of nitrogens with one attached hydrogen (secondary N) is 1. The highest BCUT2D eigenvalue weighted by Gasteiger charge is 2.20. The summed E-state index contributed by atoms with van der Waals surface area (Å²) < 4.78 is 31.5. The van der Waals surface area contributed by atoms with Crippen LogP contribution in [0.2, 0.25) is 0 Å². The Morgan fingerprint density at radius 2 is 2.00 bits per heavy atom. The van der Waals surface area contributed by atoms with Gasteiger partial charge in [0.05, 0.1) is 5.69 Å². The van der Waals surface area contributed by atoms with Crippen LogP contribution in [0.5, 0.6) is 0 Å². The fourth-order valence-corrected chi connectivity index (χ4v) is 3.03. The number of hydrogen-bond donors (Lipinski definition) is 1. The van der Waals surface area contributed by atoms with Crippen molar-refractivity contribution >= 4 is 29.9 Å². The Labute approximate surface area is 174 Å². The van der Waals surface area contributed by atoms with Crippen molar-refractivity contribution in [3.05, 3.63) is 53.4 Å². The highest BCUT2D eigenvalue weighted by Crippen LogP contribution is 2.10. The minimum atomic E-state index is -0.557. The molecule has 2 heterocycles. The summed E-state index contributed by atoms with van der Waals surface area (Å²) in [7, 11) is 1.74. The van der Waals surface area contributed by atoms with E-state index in [9.17, 15) is 8.78 Å². The number of piperazine rings is 1. The normalized spacial score (nSPS) is 15.5. The van der Waals surface area contributed by atoms with Gasteiger partial charge in [-0.25, -0.2) is 8.78 Å². The maximum atomic E-state index is 13.7. The molecular formula is C18H24F2IN5O. The zero-order valence-electron chi connectivity index (χ0n) is 15.2. The molecule has 148 valence electrons. The van der Waals surface area contributed by atoms with Crippen molar-refractivity contribution in [1.29, 1.82) is 0 Å². The van der Waals surface area contributed by atoms with E-state index in [-0.39, 0.29) is 24.0 Å². The van der Waals surface area contributed by atoms with E-state index in [0.717, 1.165) is 50.4 Å². The van der Waals surface area contributed by atoms with E-state index in [2.05, 4.69) is 25.3 Å². The van der Waals surface area contributed by atoms with Crippen LogP contribution in [0.4, 0.5) is 8.78 Å². The molecular weight excluding hydrogens is 467 g/mol. The maximum absolute atomic E-state index is 13.7. The van der Waals surface area contributed by atoms with E-state index >= 15 is 0 Å². The van der Waals surface area contributed by atoms with Crippen molar-refractivity contribution in [2.75, 3.05) is 39.8 Å². The van der Waals surface area contributed by atoms with Gasteiger partial charge in [-0.15, -0.1) is 24.0 Å². The van der Waals surface area contributed by atoms with Crippen molar-refractivity contribution in [2.24, 2.45) is 4.99 Å². The molecule has 0 bridgehead atoms. The Morgan fingerprint density at radius 3 is 2.63 bits per heavy atom. The molecule has 0 amide bonds. The van der Waals surface area contributed by atoms with Gasteiger partial charge in [0, 0.05) is 58.4 Å². The second-order valence-corrected chi connectivity index (χ2v) is 6.21. The van der Waals surface area contributed by atoms with Crippen LogP contribution in [-0.4, -0.2) is 60.7 Å². The third kappa shape index (κ3) is 6.13. The first kappa shape index (κ1) is 21.5. The Balaban J connectivity index is 0.00000261. The number of aromatic nitrogens is 1. The molecule has 1 fully saturated rings. The Kier molecular flexibility index (Phi) is 8.42. The van der Waals surface area contributed by atoms with Crippen molar-refractivity contribution in [1.82, 2.24) is 20.3 Å². The smallest absolute Gasteiger partial charge is 0.193 e. The molecule has 9 heteroatoms. The fraction of sp³-hybridized carbons (Fsp3) is 0.444. The third-order valence-corrected chi connectivity index (χ3v) is 4.45. The van der Waals surface area contributed by atoms with Crippen molar-refractivity contribution in [2.45, 2.75) is 13.0 Å². The summed E-state index contributed by atoms with van der Waals surface area (Å²) in [5.41, 5.74) is 1.43. The summed E-state index contributed by atoms with van der Waals surface area (Å²) in [4.78, 5) is 8.81. The van der Waals surface area contributed by atoms with Gasteiger partial charge in [0.1, 0.15) is 17.9 Å². The van der Waals surface area contributed by atoms with E-state index in [1.165, 1.54) is 12.1 Å². The molecule has 0 spiro atoms. The van der Waals surface area contributed by atoms with Gasteiger partial charge >= 0.3 is 0 Å². The molecule has 0 saturated carbocycles. The lowest BCUT2D eigenvalue weighted by molar-refractivity contribution is 0.169. The largest absolute Gasteiger partial charge is 0.364 e. The van der Waals surface area contributed by atoms with Crippen LogP contribution in [-0.2, 0) is 13.0 Å². The Bertz CT molecular complexity index is 733. The van der Waals surface area contributed by atoms with Crippen LogP contribution < -0.4 is 5.32 Å². The SMILES string of the molecule is CN=C(NCCc1ccc(F)cc1F)N1CCN(Cc2ccon2)CC1.I. The zero-order chi connectivity index (χ0) is 18.4. The van der Waals surface area contributed by atoms with Crippen LogP contribution in [0, 0.1) is 11.6 Å². The molecule has 0 aliphatic carbocycles. The first-order valence-electron chi connectivity index (χ1n) is 8.67. The predicted molar refractivity (Wildman–Crippen MR) is 110 cm³/mol. The minimum Gasteiger partial charge on any atom is -0.364 e. The second kappa shape index (κ2) is 10.5. The van der Waals surface area contributed by atoms with Crippen molar-refractivity contribution in [3.63, 3.8) is 0 Å². The van der Waals surface area contributed by atoms with Crippen LogP contribution in [0.25, 0.3) is 0 Å². The standard InChI is InChI=1S/C18H23F2N5O.HI/c1-21-18(22-6-4-14-2-3-15(19)12-17(14)20)25-9-7-24(8-10-25)13-16-5-11-26-23-16;/h2-3,5,11-12H,4,6-10,13H2,1H3,(H,21,22);1H. The minimum absolute atomic E-state index is 0. The van der Waals surface area contributed by atoms with Gasteiger partial charge in [0.2, 0.25) is 0 Å². The highest BCUT2D eigenvalue weighted by molar-refractivity contribution is 14.0. The van der Waals surface area contributed by atoms with E-state index in [1.807, 2.05) is 6.07 Å². The number of aliphatic imine (C=N–C) groups is 1. The second-order valence-electron chi connectivity index (χ2n) is 6.21. The molecule has 1 saturated heterocycles. The van der Waals surface area contributed by atoms with E-state index in [4.69, 9.17) is 4.52 Å². The Morgan fingerprint density at radius 1 is 1.22 bits per heavy atom. The monoisotopic (exact) mass is 491 g/mol. The van der Waals surface area contributed by atoms with Crippen LogP contribution in [0.1, 0.15) is 11.3 Å². The third-order valence-electron chi connectivity index (χ3n) is 4.45. The van der Waals surface area contributed by atoms with E-state index in [0.29, 0.717) is 18.5 Å². The summed E-state index contributed by atoms with van der Waals surface area (Å²) in [6, 6.07) is 5.55. The molecule has 27 heavy (non-hydrogen) atoms. The highest BCUT2D eigenvalue weighted by atomic mass is 127. The summed E-state index contributed by atoms with van der Waals surface area (Å²) in [5, 5.41) is 7.20. The van der Waals surface area contributed by atoms with Crippen molar-refractivity contribution < 1.29 is 13.3 Å². The number of benzene rings is 1. The number of nitrogens with zero attached hydrogens (tertiary/aromatic N) is 4. The van der Waals surface area contributed by atoms with E-state index < -0.39 is 11.6 Å². The maximum Gasteiger partial charge on any atom is 0.193 e. The predicted octanol–water partition coefficient (Wildman–Crippen LogP) is 2.51. The van der Waals surface area contributed by atoms with E-state index in [1.54, 1.807) is 13.3 Å². The summed E-state index contributed by atoms with van der Waals surface area (Å²) in [6.07, 6.45) is 2.05. The Hall–Kier alpha value is -1.75. The number of hydrogen-bond acceptors (Lipinski definition) is 4. The lowest BCUT2D eigenvalue weighted by atomic mass is 10.1. The molecule has 6 nitrogen and oxygen atoms in total. The van der Waals surface area contributed by atoms with Gasteiger partial charge in [0.15, 0.2) is 5.96 Å². The van der Waals surface area contributed by atoms with Gasteiger partial charge in [-0.3, -0.25) is 9.89 Å². The van der Waals surface area contributed by atoms with Gasteiger partial charge < -0.3 is 14.7 Å². The summed E-state index contributed by atoms with van der Waals surface area (Å²) in [5.74, 6) is -0.268. The average molecular weight is 491 g/mol. The van der Waals surface area contributed by atoms with Crippen LogP contribution in [0.15, 0.2) is 40.0 Å². The topological polar surface area (TPSA) is 56.9 Å².